The van der Waals surface area contributed by atoms with Crippen molar-refractivity contribution in [3.05, 3.63) is 33.8 Å². The molecule has 0 fully saturated rings. The molecule has 0 unspecified atom stereocenters. The highest BCUT2D eigenvalue weighted by molar-refractivity contribution is 6.30. The lowest BCUT2D eigenvalue weighted by Gasteiger charge is -2.31. The average Bonchev–Trinajstić information content (AvgIpc) is 2.34. The molecule has 1 heterocycles. The molecule has 9 heteroatoms. The number of amides is 1. The first kappa shape index (κ1) is 15.9. The third-order valence-corrected chi connectivity index (χ3v) is 3.36. The summed E-state index contributed by atoms with van der Waals surface area (Å²) in [5.74, 6) is -2.14. The summed E-state index contributed by atoms with van der Waals surface area (Å²) in [6.45, 7) is -1.04. The predicted molar refractivity (Wildman–Crippen MR) is 61.6 cm³/mol. The third-order valence-electron chi connectivity index (χ3n) is 3.14. The van der Waals surface area contributed by atoms with Gasteiger partial charge in [0, 0.05) is 18.1 Å². The van der Waals surface area contributed by atoms with E-state index < -0.39 is 30.4 Å². The molecule has 21 heavy (non-hydrogen) atoms. The van der Waals surface area contributed by atoms with Gasteiger partial charge in [-0.05, 0) is 29.7 Å². The molecule has 0 saturated heterocycles. The van der Waals surface area contributed by atoms with Gasteiger partial charge in [-0.3, -0.25) is 4.79 Å². The van der Waals surface area contributed by atoms with E-state index in [4.69, 9.17) is 11.6 Å². The third kappa shape index (κ3) is 3.25. The van der Waals surface area contributed by atoms with Crippen molar-refractivity contribution in [3.8, 4) is 0 Å². The molecule has 1 aromatic carbocycles. The van der Waals surface area contributed by atoms with Gasteiger partial charge >= 0.3 is 18.3 Å². The molecule has 0 bridgehead atoms. The number of carbonyl (C=O) groups is 1. The Bertz CT molecular complexity index is 580. The second kappa shape index (κ2) is 5.08. The average molecular weight is 332 g/mol. The Morgan fingerprint density at radius 3 is 2.29 bits per heavy atom. The normalized spacial score (nSPS) is 15.9. The van der Waals surface area contributed by atoms with Crippen molar-refractivity contribution in [2.24, 2.45) is 0 Å². The van der Waals surface area contributed by atoms with Crippen LogP contribution in [0.4, 0.5) is 26.3 Å². The molecule has 0 spiro atoms. The van der Waals surface area contributed by atoms with Crippen LogP contribution >= 0.6 is 11.6 Å². The second-order valence-electron chi connectivity index (χ2n) is 4.56. The van der Waals surface area contributed by atoms with Crippen LogP contribution in [-0.2, 0) is 23.9 Å². The number of carbonyl (C=O) groups excluding carboxylic acids is 1. The zero-order valence-electron chi connectivity index (χ0n) is 10.3. The molecular weight excluding hydrogens is 324 g/mol. The van der Waals surface area contributed by atoms with Gasteiger partial charge in [0.2, 0.25) is 0 Å². The number of rotatable bonds is 0. The van der Waals surface area contributed by atoms with Crippen LogP contribution in [0.1, 0.15) is 16.7 Å². The molecule has 1 amide bonds. The Hall–Kier alpha value is -1.44. The minimum atomic E-state index is -5.11. The van der Waals surface area contributed by atoms with Crippen molar-refractivity contribution >= 4 is 17.5 Å². The second-order valence-corrected chi connectivity index (χ2v) is 5.00. The molecule has 2 rings (SSSR count). The Morgan fingerprint density at radius 2 is 1.76 bits per heavy atom. The molecule has 2 nitrogen and oxygen atoms in total. The van der Waals surface area contributed by atoms with Crippen LogP contribution in [-0.4, -0.2) is 23.5 Å². The van der Waals surface area contributed by atoms with Crippen LogP contribution in [0.3, 0.4) is 0 Å². The van der Waals surface area contributed by atoms with Gasteiger partial charge in [-0.2, -0.15) is 26.3 Å². The van der Waals surface area contributed by atoms with Gasteiger partial charge < -0.3 is 4.90 Å². The van der Waals surface area contributed by atoms with Crippen molar-refractivity contribution < 1.29 is 31.1 Å². The number of halogens is 7. The lowest BCUT2D eigenvalue weighted by Crippen LogP contribution is -2.44. The largest absolute Gasteiger partial charge is 0.471 e. The van der Waals surface area contributed by atoms with E-state index in [1.807, 2.05) is 0 Å². The molecule has 0 aliphatic carbocycles. The highest BCUT2D eigenvalue weighted by Crippen LogP contribution is 2.38. The van der Waals surface area contributed by atoms with Crippen molar-refractivity contribution in [3.63, 3.8) is 0 Å². The van der Waals surface area contributed by atoms with Gasteiger partial charge in [-0.1, -0.05) is 11.6 Å². The molecule has 0 N–H and O–H groups in total. The van der Waals surface area contributed by atoms with Gasteiger partial charge in [0.25, 0.3) is 0 Å². The quantitative estimate of drug-likeness (QED) is 0.662. The first-order valence-electron chi connectivity index (χ1n) is 5.74. The Balaban J connectivity index is 2.42. The summed E-state index contributed by atoms with van der Waals surface area (Å²) in [6, 6.07) is 1.93. The summed E-state index contributed by atoms with van der Waals surface area (Å²) >= 11 is 5.60. The smallest absolute Gasteiger partial charge is 0.330 e. The van der Waals surface area contributed by atoms with E-state index in [2.05, 4.69) is 0 Å². The van der Waals surface area contributed by atoms with E-state index in [-0.39, 0.29) is 29.1 Å². The number of hydrogen-bond donors (Lipinski definition) is 0. The molecule has 1 aromatic rings. The summed E-state index contributed by atoms with van der Waals surface area (Å²) in [6.07, 6.45) is -9.97. The molecule has 0 atom stereocenters. The van der Waals surface area contributed by atoms with Crippen molar-refractivity contribution in [1.29, 1.82) is 0 Å². The summed E-state index contributed by atoms with van der Waals surface area (Å²) in [5, 5.41) is -0.142. The zero-order chi connectivity index (χ0) is 16.0. The van der Waals surface area contributed by atoms with E-state index in [1.54, 1.807) is 0 Å². The summed E-state index contributed by atoms with van der Waals surface area (Å²) in [5.41, 5.74) is -1.23. The van der Waals surface area contributed by atoms with Crippen molar-refractivity contribution in [2.45, 2.75) is 25.3 Å². The fourth-order valence-corrected chi connectivity index (χ4v) is 2.47. The SMILES string of the molecule is O=C(N1CCc2cc(Cl)cc(C(F)(F)F)c2C1)C(F)(F)F. The van der Waals surface area contributed by atoms with Gasteiger partial charge in [-0.25, -0.2) is 0 Å². The lowest BCUT2D eigenvalue weighted by molar-refractivity contribution is -0.186. The van der Waals surface area contributed by atoms with Gasteiger partial charge in [0.05, 0.1) is 5.56 Å². The summed E-state index contributed by atoms with van der Waals surface area (Å²) in [4.78, 5) is 11.5. The Kier molecular flexibility index (Phi) is 3.86. The molecule has 0 aromatic heterocycles. The molecule has 116 valence electrons. The zero-order valence-corrected chi connectivity index (χ0v) is 11.0. The monoisotopic (exact) mass is 331 g/mol. The molecule has 0 radical (unpaired) electrons. The maximum Gasteiger partial charge on any atom is 0.471 e. The topological polar surface area (TPSA) is 20.3 Å². The number of nitrogens with zero attached hydrogens (tertiary/aromatic N) is 1. The van der Waals surface area contributed by atoms with E-state index in [0.717, 1.165) is 0 Å². The van der Waals surface area contributed by atoms with Crippen LogP contribution < -0.4 is 0 Å². The maximum atomic E-state index is 12.9. The number of fused-ring (bicyclic) bond motifs is 1. The fourth-order valence-electron chi connectivity index (χ4n) is 2.23. The lowest BCUT2D eigenvalue weighted by atomic mass is 9.94. The fraction of sp³-hybridized carbons (Fsp3) is 0.417. The van der Waals surface area contributed by atoms with Crippen LogP contribution in [0.25, 0.3) is 0 Å². The Morgan fingerprint density at radius 1 is 1.14 bits per heavy atom. The van der Waals surface area contributed by atoms with E-state index in [0.29, 0.717) is 11.0 Å². The van der Waals surface area contributed by atoms with Crippen LogP contribution in [0.2, 0.25) is 5.02 Å². The standard InChI is InChI=1S/C12H8ClF6NO/c13-7-3-6-1-2-20(10(21)12(17,18)19)5-8(6)9(4-7)11(14,15)16/h3-4H,1-2,5H2. The predicted octanol–water partition coefficient (Wildman–Crippen LogP) is 3.81. The van der Waals surface area contributed by atoms with Crippen LogP contribution in [0.5, 0.6) is 0 Å². The van der Waals surface area contributed by atoms with E-state index >= 15 is 0 Å². The van der Waals surface area contributed by atoms with Crippen LogP contribution in [0.15, 0.2) is 12.1 Å². The van der Waals surface area contributed by atoms with Crippen LogP contribution in [0, 0.1) is 0 Å². The number of alkyl halides is 6. The molecule has 0 saturated carbocycles. The maximum absolute atomic E-state index is 12.9. The molecular formula is C12H8ClF6NO. The molecule has 1 aliphatic heterocycles. The summed E-state index contributed by atoms with van der Waals surface area (Å²) < 4.78 is 75.9. The van der Waals surface area contributed by atoms with Gasteiger partial charge in [-0.15, -0.1) is 0 Å². The first-order valence-corrected chi connectivity index (χ1v) is 6.12. The first-order chi connectivity index (χ1) is 9.50. The van der Waals surface area contributed by atoms with Crippen molar-refractivity contribution in [2.75, 3.05) is 6.54 Å². The van der Waals surface area contributed by atoms with Crippen molar-refractivity contribution in [1.82, 2.24) is 4.90 Å². The van der Waals surface area contributed by atoms with E-state index in [1.165, 1.54) is 6.07 Å². The number of benzene rings is 1. The van der Waals surface area contributed by atoms with E-state index in [9.17, 15) is 31.1 Å². The summed E-state index contributed by atoms with van der Waals surface area (Å²) in [7, 11) is 0. The number of hydrogen-bond acceptors (Lipinski definition) is 1. The Labute approximate surface area is 120 Å². The highest BCUT2D eigenvalue weighted by atomic mass is 35.5. The molecule has 1 aliphatic rings. The van der Waals surface area contributed by atoms with Gasteiger partial charge in [0.1, 0.15) is 0 Å². The highest BCUT2D eigenvalue weighted by Gasteiger charge is 2.44. The van der Waals surface area contributed by atoms with Gasteiger partial charge in [0.15, 0.2) is 0 Å². The minimum Gasteiger partial charge on any atom is -0.330 e. The minimum absolute atomic E-state index is 0.110.